The summed E-state index contributed by atoms with van der Waals surface area (Å²) in [4.78, 5) is 24.0. The van der Waals surface area contributed by atoms with Crippen LogP contribution in [0.15, 0.2) is 0 Å². The van der Waals surface area contributed by atoms with Gasteiger partial charge in [-0.1, -0.05) is 0 Å². The van der Waals surface area contributed by atoms with Crippen LogP contribution in [-0.4, -0.2) is 44.4 Å². The molecule has 0 unspecified atom stereocenters. The highest BCUT2D eigenvalue weighted by Crippen LogP contribution is 2.33. The van der Waals surface area contributed by atoms with Gasteiger partial charge in [0.25, 0.3) is 0 Å². The number of carbonyl (C=O) groups excluding carboxylic acids is 1. The zero-order chi connectivity index (χ0) is 16.7. The van der Waals surface area contributed by atoms with Crippen molar-refractivity contribution in [3.63, 3.8) is 0 Å². The monoisotopic (exact) mass is 317 g/mol. The molecule has 0 spiro atoms. The molecule has 122 valence electrons. The summed E-state index contributed by atoms with van der Waals surface area (Å²) in [6.45, 7) is 5.19. The minimum absolute atomic E-state index is 0.0320. The highest BCUT2D eigenvalue weighted by molar-refractivity contribution is 5.77. The normalized spacial score (nSPS) is 15.4. The van der Waals surface area contributed by atoms with E-state index in [0.717, 1.165) is 0 Å². The van der Waals surface area contributed by atoms with Gasteiger partial charge in [0.1, 0.15) is 11.3 Å². The number of H-pyrrole nitrogens is 1. The van der Waals surface area contributed by atoms with Crippen LogP contribution in [0.1, 0.15) is 37.7 Å². The number of hydrogen-bond acceptors (Lipinski definition) is 4. The van der Waals surface area contributed by atoms with Crippen LogP contribution in [0.25, 0.3) is 0 Å². The number of alkyl halides is 2. The zero-order valence-electron chi connectivity index (χ0n) is 12.4. The van der Waals surface area contributed by atoms with Gasteiger partial charge < -0.3 is 14.7 Å². The van der Waals surface area contributed by atoms with Crippen molar-refractivity contribution in [2.75, 3.05) is 6.54 Å². The molecule has 0 radical (unpaired) electrons. The van der Waals surface area contributed by atoms with Crippen LogP contribution in [0.5, 0.6) is 0 Å². The number of carbonyl (C=O) groups is 2. The number of hydrogen-bond donors (Lipinski definition) is 2. The number of nitrogens with zero attached hydrogens (tertiary/aromatic N) is 2. The first-order valence-electron chi connectivity index (χ1n) is 6.68. The maximum Gasteiger partial charge on any atom is 0.410 e. The number of halogens is 2. The predicted octanol–water partition coefficient (Wildman–Crippen LogP) is 1.88. The molecular formula is C13H17F2N3O4. The molecule has 1 aromatic heterocycles. The SMILES string of the molecule is CC(C)(C)OC(=O)N1CCc2n[nH]c(C(F)(F)C(=O)O)c2C1. The lowest BCUT2D eigenvalue weighted by molar-refractivity contribution is -0.167. The Morgan fingerprint density at radius 3 is 2.55 bits per heavy atom. The fourth-order valence-corrected chi connectivity index (χ4v) is 2.14. The van der Waals surface area contributed by atoms with E-state index in [-0.39, 0.29) is 25.1 Å². The molecular weight excluding hydrogens is 300 g/mol. The Morgan fingerprint density at radius 1 is 1.36 bits per heavy atom. The van der Waals surface area contributed by atoms with Gasteiger partial charge in [0.15, 0.2) is 0 Å². The number of carboxylic acid groups (broad SMARTS) is 1. The van der Waals surface area contributed by atoms with Gasteiger partial charge >= 0.3 is 18.0 Å². The van der Waals surface area contributed by atoms with E-state index in [9.17, 15) is 18.4 Å². The summed E-state index contributed by atoms with van der Waals surface area (Å²) >= 11 is 0. The number of aromatic amines is 1. The quantitative estimate of drug-likeness (QED) is 0.868. The third kappa shape index (κ3) is 3.02. The number of carboxylic acids is 1. The maximum absolute atomic E-state index is 13.7. The fraction of sp³-hybridized carbons (Fsp3) is 0.615. The van der Waals surface area contributed by atoms with E-state index in [2.05, 4.69) is 10.2 Å². The molecule has 1 aliphatic heterocycles. The second-order valence-electron chi connectivity index (χ2n) is 6.06. The Morgan fingerprint density at radius 2 is 2.00 bits per heavy atom. The van der Waals surface area contributed by atoms with Gasteiger partial charge in [0.2, 0.25) is 0 Å². The highest BCUT2D eigenvalue weighted by atomic mass is 19.3. The van der Waals surface area contributed by atoms with Gasteiger partial charge in [-0.25, -0.2) is 9.59 Å². The van der Waals surface area contributed by atoms with Crippen molar-refractivity contribution in [1.29, 1.82) is 0 Å². The molecule has 2 N–H and O–H groups in total. The molecule has 0 aromatic carbocycles. The summed E-state index contributed by atoms with van der Waals surface area (Å²) < 4.78 is 32.6. The number of aliphatic carboxylic acids is 1. The van der Waals surface area contributed by atoms with Gasteiger partial charge in [-0.3, -0.25) is 5.10 Å². The molecule has 2 rings (SSSR count). The summed E-state index contributed by atoms with van der Waals surface area (Å²) in [5.41, 5.74) is -1.12. The van der Waals surface area contributed by atoms with Crippen molar-refractivity contribution < 1.29 is 28.2 Å². The Hall–Kier alpha value is -2.19. The van der Waals surface area contributed by atoms with E-state index in [1.807, 2.05) is 0 Å². The van der Waals surface area contributed by atoms with Gasteiger partial charge in [0, 0.05) is 18.5 Å². The minimum atomic E-state index is -4.09. The van der Waals surface area contributed by atoms with Crippen molar-refractivity contribution in [3.05, 3.63) is 17.0 Å². The van der Waals surface area contributed by atoms with Crippen LogP contribution in [-0.2, 0) is 28.4 Å². The van der Waals surface area contributed by atoms with Gasteiger partial charge in [-0.2, -0.15) is 13.9 Å². The first-order chi connectivity index (χ1) is 10.0. The second-order valence-corrected chi connectivity index (χ2v) is 6.06. The summed E-state index contributed by atoms with van der Waals surface area (Å²) in [7, 11) is 0. The lowest BCUT2D eigenvalue weighted by Crippen LogP contribution is -2.40. The van der Waals surface area contributed by atoms with Crippen LogP contribution < -0.4 is 0 Å². The van der Waals surface area contributed by atoms with Crippen molar-refractivity contribution >= 4 is 12.1 Å². The molecule has 0 atom stereocenters. The topological polar surface area (TPSA) is 95.5 Å². The second kappa shape index (κ2) is 5.22. The highest BCUT2D eigenvalue weighted by Gasteiger charge is 2.46. The third-order valence-corrected chi connectivity index (χ3v) is 3.15. The van der Waals surface area contributed by atoms with Crippen LogP contribution >= 0.6 is 0 Å². The molecule has 1 amide bonds. The molecule has 0 fully saturated rings. The van der Waals surface area contributed by atoms with E-state index >= 15 is 0 Å². The predicted molar refractivity (Wildman–Crippen MR) is 70.5 cm³/mol. The smallest absolute Gasteiger partial charge is 0.410 e. The molecule has 22 heavy (non-hydrogen) atoms. The lowest BCUT2D eigenvalue weighted by Gasteiger charge is -2.30. The van der Waals surface area contributed by atoms with Crippen LogP contribution in [0.4, 0.5) is 13.6 Å². The van der Waals surface area contributed by atoms with E-state index in [1.54, 1.807) is 20.8 Å². The zero-order valence-corrected chi connectivity index (χ0v) is 12.4. The van der Waals surface area contributed by atoms with Gasteiger partial charge in [-0.15, -0.1) is 0 Å². The van der Waals surface area contributed by atoms with Crippen molar-refractivity contribution in [2.45, 2.75) is 45.3 Å². The molecule has 0 aliphatic carbocycles. The molecule has 2 heterocycles. The van der Waals surface area contributed by atoms with E-state index < -0.39 is 29.3 Å². The Bertz CT molecular complexity index is 607. The molecule has 9 heteroatoms. The first kappa shape index (κ1) is 16.2. The first-order valence-corrected chi connectivity index (χ1v) is 6.68. The fourth-order valence-electron chi connectivity index (χ4n) is 2.14. The number of amides is 1. The average molecular weight is 317 g/mol. The van der Waals surface area contributed by atoms with Gasteiger partial charge in [0.05, 0.1) is 12.2 Å². The molecule has 0 saturated carbocycles. The number of fused-ring (bicyclic) bond motifs is 1. The standard InChI is InChI=1S/C13H17F2N3O4/c1-12(2,3)22-11(21)18-5-4-8-7(6-18)9(17-16-8)13(14,15)10(19)20/h4-6H2,1-3H3,(H,16,17)(H,19,20). The Kier molecular flexibility index (Phi) is 3.84. The van der Waals surface area contributed by atoms with Crippen molar-refractivity contribution in [2.24, 2.45) is 0 Å². The molecule has 0 bridgehead atoms. The summed E-state index contributed by atoms with van der Waals surface area (Å²) in [5, 5.41) is 14.5. The van der Waals surface area contributed by atoms with Crippen LogP contribution in [0, 0.1) is 0 Å². The lowest BCUT2D eigenvalue weighted by atomic mass is 10.0. The Labute approximate surface area is 125 Å². The summed E-state index contributed by atoms with van der Waals surface area (Å²) in [6, 6.07) is 0. The summed E-state index contributed by atoms with van der Waals surface area (Å²) in [5.74, 6) is -6.36. The van der Waals surface area contributed by atoms with Crippen molar-refractivity contribution in [3.8, 4) is 0 Å². The number of aromatic nitrogens is 2. The average Bonchev–Trinajstić information content (AvgIpc) is 2.79. The molecule has 1 aromatic rings. The van der Waals surface area contributed by atoms with E-state index in [0.29, 0.717) is 5.69 Å². The number of ether oxygens (including phenoxy) is 1. The van der Waals surface area contributed by atoms with Gasteiger partial charge in [-0.05, 0) is 20.8 Å². The molecule has 0 saturated heterocycles. The minimum Gasteiger partial charge on any atom is -0.476 e. The third-order valence-electron chi connectivity index (χ3n) is 3.15. The van der Waals surface area contributed by atoms with E-state index in [4.69, 9.17) is 9.84 Å². The number of rotatable bonds is 2. The van der Waals surface area contributed by atoms with Crippen LogP contribution in [0.2, 0.25) is 0 Å². The summed E-state index contributed by atoms with van der Waals surface area (Å²) in [6.07, 6.45) is -0.384. The number of nitrogens with one attached hydrogen (secondary N) is 1. The van der Waals surface area contributed by atoms with Crippen molar-refractivity contribution in [1.82, 2.24) is 15.1 Å². The largest absolute Gasteiger partial charge is 0.476 e. The Balaban J connectivity index is 2.25. The van der Waals surface area contributed by atoms with E-state index in [1.165, 1.54) is 4.90 Å². The molecule has 1 aliphatic rings. The molecule has 7 nitrogen and oxygen atoms in total. The van der Waals surface area contributed by atoms with Crippen LogP contribution in [0.3, 0.4) is 0 Å². The maximum atomic E-state index is 13.7.